The Hall–Kier alpha value is -4.39. The van der Waals surface area contributed by atoms with E-state index in [1.54, 1.807) is 41.5 Å². The van der Waals surface area contributed by atoms with Gasteiger partial charge in [-0.1, -0.05) is 0 Å². The van der Waals surface area contributed by atoms with Crippen LogP contribution >= 0.6 is 11.6 Å². The number of hydrogen-bond donors (Lipinski definition) is 4. The minimum absolute atomic E-state index is 0.0342. The first kappa shape index (κ1) is 44.8. The molecule has 4 rings (SSSR count). The van der Waals surface area contributed by atoms with Crippen molar-refractivity contribution < 1.29 is 47.6 Å². The molecule has 2 aliphatic rings. The van der Waals surface area contributed by atoms with Gasteiger partial charge in [-0.25, -0.2) is 14.6 Å². The summed E-state index contributed by atoms with van der Waals surface area (Å²) in [5, 5.41) is 7.61. The van der Waals surface area contributed by atoms with Crippen molar-refractivity contribution in [1.82, 2.24) is 25.3 Å². The molecule has 0 bridgehead atoms. The summed E-state index contributed by atoms with van der Waals surface area (Å²) in [6.07, 6.45) is 4.58. The largest absolute Gasteiger partial charge is 0.480 e. The molecule has 3 amide bonds. The zero-order valence-corrected chi connectivity index (χ0v) is 32.5. The number of nitrogens with zero attached hydrogens (tertiary/aromatic N) is 4. The second-order valence-electron chi connectivity index (χ2n) is 13.7. The van der Waals surface area contributed by atoms with Gasteiger partial charge in [0, 0.05) is 44.8 Å². The number of amides is 3. The zero-order chi connectivity index (χ0) is 39.6. The predicted octanol–water partition coefficient (Wildman–Crippen LogP) is 4.34. The van der Waals surface area contributed by atoms with Gasteiger partial charge in [0.1, 0.15) is 22.6 Å². The second kappa shape index (κ2) is 22.0. The number of halogens is 1. The number of nitrogens with two attached hydrogens (primary N) is 1. The van der Waals surface area contributed by atoms with Gasteiger partial charge in [-0.15, -0.1) is 0 Å². The van der Waals surface area contributed by atoms with Crippen LogP contribution in [0.5, 0.6) is 11.8 Å². The number of aromatic nitrogens is 4. The summed E-state index contributed by atoms with van der Waals surface area (Å²) in [7, 11) is 2.91. The molecule has 18 nitrogen and oxygen atoms in total. The van der Waals surface area contributed by atoms with Gasteiger partial charge in [0.2, 0.25) is 22.9 Å². The first-order chi connectivity index (χ1) is 24.9. The normalized spacial score (nSPS) is 14.9. The van der Waals surface area contributed by atoms with E-state index in [9.17, 15) is 19.2 Å². The third-order valence-corrected chi connectivity index (χ3v) is 7.33. The molecule has 0 atom stereocenters. The van der Waals surface area contributed by atoms with Crippen LogP contribution in [0.2, 0.25) is 0 Å². The van der Waals surface area contributed by atoms with Gasteiger partial charge in [-0.2, -0.15) is 9.97 Å². The molecule has 296 valence electrons. The number of rotatable bonds is 9. The topological polar surface area (TPSA) is 237 Å². The Labute approximate surface area is 314 Å². The Morgan fingerprint density at radius 1 is 0.755 bits per heavy atom. The number of carbonyl (C=O) groups is 4. The van der Waals surface area contributed by atoms with Crippen LogP contribution in [0.4, 0.5) is 21.2 Å². The van der Waals surface area contributed by atoms with Crippen molar-refractivity contribution >= 4 is 46.6 Å². The lowest BCUT2D eigenvalue weighted by molar-refractivity contribution is -0.128. The summed E-state index contributed by atoms with van der Waals surface area (Å²) in [4.78, 5) is 62.5. The molecule has 0 aliphatic carbocycles. The summed E-state index contributed by atoms with van der Waals surface area (Å²) in [6, 6.07) is 0. The maximum absolute atomic E-state index is 12.2. The lowest BCUT2D eigenvalue weighted by atomic mass is 9.99. The minimum atomic E-state index is -0.630. The van der Waals surface area contributed by atoms with Crippen molar-refractivity contribution in [3.05, 3.63) is 23.8 Å². The number of carbonyl (C=O) groups excluding carboxylic acids is 4. The molecule has 0 aromatic carbocycles. The molecule has 0 spiro atoms. The van der Waals surface area contributed by atoms with Gasteiger partial charge in [0.05, 0.1) is 33.2 Å². The molecule has 0 saturated carbocycles. The molecule has 5 N–H and O–H groups in total. The van der Waals surface area contributed by atoms with E-state index in [0.29, 0.717) is 50.7 Å². The standard InChI is InChI=1S/C17H26N4O5.C11H18N4O3.C6H9ClO2/c1-17(2,3)26-16(23)21-13-10-18-12(15(20-13)24-4)9-19-14(22)11-5-7-25-8-6-11;1-11(2,3)18-10(16)15-8-6-13-7(5-12)9(14-8)17-4;7-6(8)5-1-3-9-4-2-5/h10-11H,5-9H2,1-4H3,(H,19,22)(H,20,21,23);6H,5,12H2,1-4H3,(H,14,15,16);5H,1-4H2. The van der Waals surface area contributed by atoms with Crippen LogP contribution in [-0.2, 0) is 41.6 Å². The van der Waals surface area contributed by atoms with E-state index in [1.807, 2.05) is 0 Å². The van der Waals surface area contributed by atoms with Gasteiger partial charge in [0.25, 0.3) is 0 Å². The Morgan fingerprint density at radius 3 is 1.55 bits per heavy atom. The van der Waals surface area contributed by atoms with Gasteiger partial charge < -0.3 is 39.5 Å². The van der Waals surface area contributed by atoms with Crippen molar-refractivity contribution in [3.8, 4) is 11.8 Å². The van der Waals surface area contributed by atoms with E-state index in [2.05, 4.69) is 35.9 Å². The van der Waals surface area contributed by atoms with Crippen molar-refractivity contribution in [3.63, 3.8) is 0 Å². The van der Waals surface area contributed by atoms with Crippen molar-refractivity contribution in [2.24, 2.45) is 17.6 Å². The van der Waals surface area contributed by atoms with Gasteiger partial charge in [-0.3, -0.25) is 25.2 Å². The molecule has 2 fully saturated rings. The summed E-state index contributed by atoms with van der Waals surface area (Å²) in [5.74, 6) is 0.940. The third kappa shape index (κ3) is 17.8. The highest BCUT2D eigenvalue weighted by atomic mass is 35.5. The van der Waals surface area contributed by atoms with Gasteiger partial charge in [0.15, 0.2) is 11.6 Å². The molecular weight excluding hydrogens is 716 g/mol. The smallest absolute Gasteiger partial charge is 0.413 e. The van der Waals surface area contributed by atoms with E-state index >= 15 is 0 Å². The Balaban J connectivity index is 0.000000309. The van der Waals surface area contributed by atoms with Crippen molar-refractivity contribution in [1.29, 1.82) is 0 Å². The Morgan fingerprint density at radius 2 is 1.17 bits per heavy atom. The highest BCUT2D eigenvalue weighted by Gasteiger charge is 2.23. The van der Waals surface area contributed by atoms with Crippen LogP contribution in [0.15, 0.2) is 12.4 Å². The number of ether oxygens (including phenoxy) is 6. The summed E-state index contributed by atoms with van der Waals surface area (Å²) in [5.41, 5.74) is 5.28. The third-order valence-electron chi connectivity index (χ3n) is 7.03. The molecule has 0 unspecified atom stereocenters. The molecule has 4 heterocycles. The van der Waals surface area contributed by atoms with Crippen LogP contribution in [0, 0.1) is 11.8 Å². The molecule has 19 heteroatoms. The lowest BCUT2D eigenvalue weighted by Crippen LogP contribution is -2.34. The van der Waals surface area contributed by atoms with Crippen LogP contribution < -0.4 is 31.2 Å². The fourth-order valence-corrected chi connectivity index (χ4v) is 4.74. The summed E-state index contributed by atoms with van der Waals surface area (Å²) < 4.78 is 30.8. The maximum atomic E-state index is 12.2. The van der Waals surface area contributed by atoms with Crippen LogP contribution in [0.1, 0.15) is 78.6 Å². The Bertz CT molecular complexity index is 1490. The van der Waals surface area contributed by atoms with Gasteiger partial charge >= 0.3 is 12.2 Å². The van der Waals surface area contributed by atoms with E-state index in [4.69, 9.17) is 45.8 Å². The highest BCUT2D eigenvalue weighted by molar-refractivity contribution is 6.63. The van der Waals surface area contributed by atoms with Crippen LogP contribution in [0.25, 0.3) is 0 Å². The fourth-order valence-electron chi connectivity index (χ4n) is 4.52. The number of methoxy groups -OCH3 is 2. The molecule has 2 saturated heterocycles. The minimum Gasteiger partial charge on any atom is -0.480 e. The number of hydrogen-bond acceptors (Lipinski definition) is 15. The molecule has 0 radical (unpaired) electrons. The maximum Gasteiger partial charge on any atom is 0.413 e. The second-order valence-corrected chi connectivity index (χ2v) is 14.0. The summed E-state index contributed by atoms with van der Waals surface area (Å²) in [6.45, 7) is 13.6. The average Bonchev–Trinajstić information content (AvgIpc) is 3.10. The molecule has 2 aromatic heterocycles. The first-order valence-electron chi connectivity index (χ1n) is 17.1. The molecular formula is C34H53ClN8O10. The molecule has 2 aromatic rings. The predicted molar refractivity (Wildman–Crippen MR) is 195 cm³/mol. The van der Waals surface area contributed by atoms with E-state index < -0.39 is 23.4 Å². The van der Waals surface area contributed by atoms with Crippen LogP contribution in [0.3, 0.4) is 0 Å². The van der Waals surface area contributed by atoms with E-state index in [1.165, 1.54) is 26.6 Å². The van der Waals surface area contributed by atoms with E-state index in [0.717, 1.165) is 12.8 Å². The summed E-state index contributed by atoms with van der Waals surface area (Å²) >= 11 is 5.26. The quantitative estimate of drug-likeness (QED) is 0.260. The SMILES string of the molecule is COc1nc(NC(=O)OC(C)(C)C)cnc1CN.COc1nc(NC(=O)OC(C)(C)C)cnc1CNC(=O)C1CCOCC1.O=C(Cl)C1CCOCC1. The average molecular weight is 769 g/mol. The van der Waals surface area contributed by atoms with Crippen LogP contribution in [-0.4, -0.2) is 95.1 Å². The zero-order valence-electron chi connectivity index (χ0n) is 31.7. The lowest BCUT2D eigenvalue weighted by Gasteiger charge is -2.21. The first-order valence-corrected chi connectivity index (χ1v) is 17.4. The number of anilines is 2. The van der Waals surface area contributed by atoms with Gasteiger partial charge in [-0.05, 0) is 78.8 Å². The molecule has 2 aliphatic heterocycles. The number of nitrogens with one attached hydrogen (secondary N) is 3. The fraction of sp³-hybridized carbons (Fsp3) is 0.647. The van der Waals surface area contributed by atoms with Crippen molar-refractivity contribution in [2.75, 3.05) is 51.3 Å². The Kier molecular flexibility index (Phi) is 18.6. The van der Waals surface area contributed by atoms with E-state index in [-0.39, 0.29) is 59.5 Å². The van der Waals surface area contributed by atoms with Crippen molar-refractivity contribution in [2.45, 2.75) is 91.5 Å². The molecule has 53 heavy (non-hydrogen) atoms. The monoisotopic (exact) mass is 768 g/mol. The highest BCUT2D eigenvalue weighted by Crippen LogP contribution is 2.20.